The Hall–Kier alpha value is -2.90. The van der Waals surface area contributed by atoms with E-state index < -0.39 is 0 Å². The molecule has 154 valence electrons. The number of nitrogens with zero attached hydrogens (tertiary/aromatic N) is 2. The first-order valence-corrected chi connectivity index (χ1v) is 13.4. The van der Waals surface area contributed by atoms with Gasteiger partial charge in [-0.2, -0.15) is 0 Å². The van der Waals surface area contributed by atoms with Crippen molar-refractivity contribution in [3.05, 3.63) is 96.0 Å². The van der Waals surface area contributed by atoms with E-state index in [9.17, 15) is 0 Å². The van der Waals surface area contributed by atoms with Crippen LogP contribution in [0.1, 0.15) is 0 Å². The van der Waals surface area contributed by atoms with Gasteiger partial charge in [-0.1, -0.05) is 12.1 Å². The summed E-state index contributed by atoms with van der Waals surface area (Å²) in [5.41, 5.74) is 4.38. The molecule has 2 nitrogen and oxygen atoms in total. The van der Waals surface area contributed by atoms with E-state index >= 15 is 0 Å². The largest absolute Gasteiger partial charge is 0.255 e. The van der Waals surface area contributed by atoms with Gasteiger partial charge in [-0.05, 0) is 71.4 Å². The van der Waals surface area contributed by atoms with E-state index in [0.717, 1.165) is 22.5 Å². The molecule has 0 aromatic carbocycles. The van der Waals surface area contributed by atoms with E-state index in [2.05, 4.69) is 93.5 Å². The molecule has 0 radical (unpaired) electrons. The molecule has 6 heterocycles. The number of pyridine rings is 2. The Balaban J connectivity index is 1.22. The minimum atomic E-state index is 1.03. The van der Waals surface area contributed by atoms with E-state index in [-0.39, 0.29) is 0 Å². The monoisotopic (exact) mass is 484 g/mol. The SMILES string of the molecule is c1csc(-c2ccc(-c3ccc(-c4ccc(-c5ccc(-c6cccs6)nc5)s4)s3)cn2)c1. The Kier molecular flexibility index (Phi) is 5.29. The summed E-state index contributed by atoms with van der Waals surface area (Å²) < 4.78 is 0. The zero-order valence-corrected chi connectivity index (χ0v) is 20.0. The molecule has 6 rings (SSSR count). The maximum Gasteiger partial charge on any atom is 0.0802 e. The Morgan fingerprint density at radius 2 is 0.906 bits per heavy atom. The van der Waals surface area contributed by atoms with Gasteiger partial charge in [0.05, 0.1) is 21.1 Å². The Morgan fingerprint density at radius 1 is 0.438 bits per heavy atom. The molecule has 0 spiro atoms. The number of hydrogen-bond donors (Lipinski definition) is 0. The maximum absolute atomic E-state index is 4.66. The van der Waals surface area contributed by atoms with Crippen LogP contribution >= 0.6 is 45.3 Å². The molecule has 0 saturated heterocycles. The van der Waals surface area contributed by atoms with Crippen molar-refractivity contribution in [1.82, 2.24) is 9.97 Å². The minimum absolute atomic E-state index is 1.03. The molecule has 0 N–H and O–H groups in total. The minimum Gasteiger partial charge on any atom is -0.255 e. The molecule has 0 bridgehead atoms. The standard InChI is InChI=1S/C26H16N2S4/c1-3-23(29-13-1)19-7-5-17(15-27-19)21-9-11-25(31-21)26-12-10-22(32-26)18-6-8-20(28-16-18)24-4-2-14-30-24/h1-16H. The summed E-state index contributed by atoms with van der Waals surface area (Å²) in [6, 6.07) is 25.7. The second-order valence-electron chi connectivity index (χ2n) is 7.15. The molecular weight excluding hydrogens is 469 g/mol. The summed E-state index contributed by atoms with van der Waals surface area (Å²) in [6.45, 7) is 0. The third-order valence-electron chi connectivity index (χ3n) is 5.10. The van der Waals surface area contributed by atoms with Crippen molar-refractivity contribution in [1.29, 1.82) is 0 Å². The molecule has 0 aliphatic rings. The highest BCUT2D eigenvalue weighted by atomic mass is 32.1. The van der Waals surface area contributed by atoms with Crippen molar-refractivity contribution in [2.75, 3.05) is 0 Å². The van der Waals surface area contributed by atoms with Crippen LogP contribution in [0.15, 0.2) is 96.0 Å². The highest BCUT2D eigenvalue weighted by Gasteiger charge is 2.10. The Labute approximate surface area is 202 Å². The number of hydrogen-bond acceptors (Lipinski definition) is 6. The van der Waals surface area contributed by atoms with Gasteiger partial charge in [0.2, 0.25) is 0 Å². The fraction of sp³-hybridized carbons (Fsp3) is 0. The second kappa shape index (κ2) is 8.56. The molecule has 0 saturated carbocycles. The highest BCUT2D eigenvalue weighted by Crippen LogP contribution is 2.40. The van der Waals surface area contributed by atoms with Gasteiger partial charge in [-0.25, -0.2) is 0 Å². The average molecular weight is 485 g/mol. The van der Waals surface area contributed by atoms with Gasteiger partial charge in [0.1, 0.15) is 0 Å². The van der Waals surface area contributed by atoms with Crippen molar-refractivity contribution in [3.63, 3.8) is 0 Å². The molecule has 32 heavy (non-hydrogen) atoms. The van der Waals surface area contributed by atoms with Crippen molar-refractivity contribution in [2.24, 2.45) is 0 Å². The molecule has 0 aliphatic heterocycles. The first-order valence-electron chi connectivity index (χ1n) is 10.0. The molecule has 0 aliphatic carbocycles. The molecule has 0 unspecified atom stereocenters. The van der Waals surface area contributed by atoms with Crippen LogP contribution in [0.4, 0.5) is 0 Å². The fourth-order valence-corrected chi connectivity index (χ4v) is 6.96. The molecule has 6 heteroatoms. The number of rotatable bonds is 5. The summed E-state index contributed by atoms with van der Waals surface area (Å²) in [5.74, 6) is 0. The summed E-state index contributed by atoms with van der Waals surface area (Å²) >= 11 is 7.05. The number of aromatic nitrogens is 2. The molecule has 6 aromatic rings. The van der Waals surface area contributed by atoms with Gasteiger partial charge >= 0.3 is 0 Å². The summed E-state index contributed by atoms with van der Waals surface area (Å²) in [6.07, 6.45) is 3.96. The summed E-state index contributed by atoms with van der Waals surface area (Å²) in [7, 11) is 0. The zero-order chi connectivity index (χ0) is 21.3. The lowest BCUT2D eigenvalue weighted by atomic mass is 10.2. The Morgan fingerprint density at radius 3 is 1.28 bits per heavy atom. The Bertz CT molecular complexity index is 1330. The maximum atomic E-state index is 4.66. The molecule has 0 fully saturated rings. The lowest BCUT2D eigenvalue weighted by Crippen LogP contribution is -1.80. The van der Waals surface area contributed by atoms with Gasteiger partial charge in [-0.3, -0.25) is 9.97 Å². The quantitative estimate of drug-likeness (QED) is 0.244. The lowest BCUT2D eigenvalue weighted by molar-refractivity contribution is 1.34. The predicted octanol–water partition coefficient (Wildman–Crippen LogP) is 9.06. The number of thiophene rings is 4. The first-order chi connectivity index (χ1) is 15.8. The van der Waals surface area contributed by atoms with Crippen LogP contribution in [0, 0.1) is 0 Å². The van der Waals surface area contributed by atoms with E-state index in [1.165, 1.54) is 29.3 Å². The van der Waals surface area contributed by atoms with Crippen LogP contribution in [0.5, 0.6) is 0 Å². The zero-order valence-electron chi connectivity index (χ0n) is 16.8. The van der Waals surface area contributed by atoms with E-state index in [1.54, 1.807) is 22.7 Å². The van der Waals surface area contributed by atoms with Crippen molar-refractivity contribution in [3.8, 4) is 51.8 Å². The van der Waals surface area contributed by atoms with Gasteiger partial charge in [0.25, 0.3) is 0 Å². The lowest BCUT2D eigenvalue weighted by Gasteiger charge is -2.00. The van der Waals surface area contributed by atoms with E-state index in [0.29, 0.717) is 0 Å². The molecule has 0 amide bonds. The molecule has 6 aromatic heterocycles. The predicted molar refractivity (Wildman–Crippen MR) is 141 cm³/mol. The van der Waals surface area contributed by atoms with Crippen LogP contribution in [-0.2, 0) is 0 Å². The summed E-state index contributed by atoms with van der Waals surface area (Å²) in [5, 5.41) is 4.17. The van der Waals surface area contributed by atoms with Crippen LogP contribution in [0.3, 0.4) is 0 Å². The van der Waals surface area contributed by atoms with Gasteiger partial charge in [-0.15, -0.1) is 45.3 Å². The smallest absolute Gasteiger partial charge is 0.0802 e. The highest BCUT2D eigenvalue weighted by molar-refractivity contribution is 7.25. The second-order valence-corrected chi connectivity index (χ2v) is 11.2. The first kappa shape index (κ1) is 19.8. The molecule has 0 atom stereocenters. The normalized spacial score (nSPS) is 11.1. The third-order valence-corrected chi connectivity index (χ3v) is 9.35. The van der Waals surface area contributed by atoms with Crippen LogP contribution in [0.25, 0.3) is 51.8 Å². The van der Waals surface area contributed by atoms with Crippen LogP contribution < -0.4 is 0 Å². The van der Waals surface area contributed by atoms with Crippen molar-refractivity contribution in [2.45, 2.75) is 0 Å². The topological polar surface area (TPSA) is 25.8 Å². The summed E-state index contributed by atoms with van der Waals surface area (Å²) in [4.78, 5) is 16.8. The van der Waals surface area contributed by atoms with Gasteiger partial charge in [0.15, 0.2) is 0 Å². The van der Waals surface area contributed by atoms with Gasteiger partial charge < -0.3 is 0 Å². The van der Waals surface area contributed by atoms with Crippen molar-refractivity contribution >= 4 is 45.3 Å². The van der Waals surface area contributed by atoms with Crippen molar-refractivity contribution < 1.29 is 0 Å². The van der Waals surface area contributed by atoms with Crippen LogP contribution in [-0.4, -0.2) is 9.97 Å². The fourth-order valence-electron chi connectivity index (χ4n) is 3.47. The van der Waals surface area contributed by atoms with E-state index in [1.807, 2.05) is 35.1 Å². The van der Waals surface area contributed by atoms with Gasteiger partial charge in [0, 0.05) is 43.0 Å². The average Bonchev–Trinajstić information content (AvgIpc) is 3.66. The molecular formula is C26H16N2S4. The van der Waals surface area contributed by atoms with E-state index in [4.69, 9.17) is 0 Å². The third kappa shape index (κ3) is 3.87. The van der Waals surface area contributed by atoms with Crippen LogP contribution in [0.2, 0.25) is 0 Å².